The van der Waals surface area contributed by atoms with Gasteiger partial charge in [-0.1, -0.05) is 286 Å². The van der Waals surface area contributed by atoms with E-state index in [0.29, 0.717) is 19.3 Å². The first-order chi connectivity index (χ1) is 36.0. The van der Waals surface area contributed by atoms with E-state index in [1.165, 1.54) is 148 Å². The maximum absolute atomic E-state index is 12.9. The zero-order chi connectivity index (χ0) is 52.9. The lowest BCUT2D eigenvalue weighted by Gasteiger charge is -2.18. The number of rotatable bonds is 57. The Kier molecular flexibility index (Phi) is 58.7. The van der Waals surface area contributed by atoms with Crippen molar-refractivity contribution in [1.82, 2.24) is 0 Å². The average molecular weight is 1020 g/mol. The Hall–Kier alpha value is -3.15. The Labute approximate surface area is 453 Å². The van der Waals surface area contributed by atoms with Crippen LogP contribution in [0, 0.1) is 0 Å². The topological polar surface area (TPSA) is 78.9 Å². The average Bonchev–Trinajstić information content (AvgIpc) is 3.39. The van der Waals surface area contributed by atoms with E-state index in [0.717, 1.165) is 128 Å². The van der Waals surface area contributed by atoms with Crippen LogP contribution in [-0.4, -0.2) is 37.2 Å². The lowest BCUT2D eigenvalue weighted by Crippen LogP contribution is -2.30. The summed E-state index contributed by atoms with van der Waals surface area (Å²) in [5, 5.41) is 0. The van der Waals surface area contributed by atoms with Gasteiger partial charge in [0.25, 0.3) is 0 Å². The van der Waals surface area contributed by atoms with Crippen molar-refractivity contribution in [2.24, 2.45) is 0 Å². The normalized spacial score (nSPS) is 12.5. The van der Waals surface area contributed by atoms with Crippen molar-refractivity contribution in [2.45, 2.75) is 322 Å². The lowest BCUT2D eigenvalue weighted by molar-refractivity contribution is -0.167. The van der Waals surface area contributed by atoms with Gasteiger partial charge in [-0.2, -0.15) is 0 Å². The van der Waals surface area contributed by atoms with Gasteiger partial charge >= 0.3 is 17.9 Å². The minimum Gasteiger partial charge on any atom is -0.462 e. The summed E-state index contributed by atoms with van der Waals surface area (Å²) >= 11 is 0. The van der Waals surface area contributed by atoms with Gasteiger partial charge in [-0.15, -0.1) is 0 Å². The fourth-order valence-corrected chi connectivity index (χ4v) is 9.00. The van der Waals surface area contributed by atoms with Crippen molar-refractivity contribution >= 4 is 17.9 Å². The third-order valence-electron chi connectivity index (χ3n) is 13.7. The summed E-state index contributed by atoms with van der Waals surface area (Å²) in [7, 11) is 0. The van der Waals surface area contributed by atoms with Crippen LogP contribution in [0.5, 0.6) is 0 Å². The molecule has 6 heteroatoms. The number of hydrogen-bond acceptors (Lipinski definition) is 6. The number of carbonyl (C=O) groups is 3. The largest absolute Gasteiger partial charge is 0.462 e. The third-order valence-corrected chi connectivity index (χ3v) is 13.7. The fourth-order valence-electron chi connectivity index (χ4n) is 9.00. The third kappa shape index (κ3) is 59.6. The van der Waals surface area contributed by atoms with Crippen LogP contribution in [0.15, 0.2) is 72.9 Å². The Balaban J connectivity index is 4.32. The van der Waals surface area contributed by atoms with E-state index in [9.17, 15) is 14.4 Å². The number of esters is 3. The van der Waals surface area contributed by atoms with Gasteiger partial charge in [0.2, 0.25) is 0 Å². The molecule has 0 aliphatic heterocycles. The molecule has 0 aliphatic carbocycles. The van der Waals surface area contributed by atoms with Crippen LogP contribution in [0.4, 0.5) is 0 Å². The van der Waals surface area contributed by atoms with E-state index in [2.05, 4.69) is 93.7 Å². The molecular weight excluding hydrogens is 901 g/mol. The highest BCUT2D eigenvalue weighted by Gasteiger charge is 2.19. The molecule has 0 aromatic rings. The first-order valence-electron chi connectivity index (χ1n) is 31.4. The van der Waals surface area contributed by atoms with Gasteiger partial charge < -0.3 is 14.2 Å². The second-order valence-electron chi connectivity index (χ2n) is 20.9. The molecule has 0 aromatic heterocycles. The van der Waals surface area contributed by atoms with Crippen molar-refractivity contribution in [2.75, 3.05) is 13.2 Å². The molecular formula is C67H118O6. The van der Waals surface area contributed by atoms with E-state index in [-0.39, 0.29) is 31.1 Å². The molecule has 0 spiro atoms. The minimum atomic E-state index is -0.789. The molecule has 0 rings (SSSR count). The molecule has 0 N–H and O–H groups in total. The van der Waals surface area contributed by atoms with Crippen molar-refractivity contribution < 1.29 is 28.6 Å². The van der Waals surface area contributed by atoms with Crippen molar-refractivity contribution in [1.29, 1.82) is 0 Å². The summed E-state index contributed by atoms with van der Waals surface area (Å²) < 4.78 is 16.9. The highest BCUT2D eigenvalue weighted by molar-refractivity contribution is 5.71. The molecule has 0 aliphatic rings. The summed E-state index contributed by atoms with van der Waals surface area (Å²) in [4.78, 5) is 38.3. The van der Waals surface area contributed by atoms with Crippen LogP contribution >= 0.6 is 0 Å². The monoisotopic (exact) mass is 1020 g/mol. The fraction of sp³-hybridized carbons (Fsp3) is 0.776. The molecule has 1 unspecified atom stereocenters. The summed E-state index contributed by atoms with van der Waals surface area (Å²) in [6, 6.07) is 0. The Morgan fingerprint density at radius 1 is 0.288 bits per heavy atom. The van der Waals surface area contributed by atoms with Crippen LogP contribution in [0.25, 0.3) is 0 Å². The van der Waals surface area contributed by atoms with Crippen molar-refractivity contribution in [3.05, 3.63) is 72.9 Å². The molecule has 0 radical (unpaired) electrons. The summed E-state index contributed by atoms with van der Waals surface area (Å²) in [6.45, 7) is 6.48. The molecule has 0 amide bonds. The van der Waals surface area contributed by atoms with Crippen LogP contribution < -0.4 is 0 Å². The van der Waals surface area contributed by atoms with Crippen LogP contribution in [0.1, 0.15) is 316 Å². The van der Waals surface area contributed by atoms with Gasteiger partial charge in [0.1, 0.15) is 13.2 Å². The number of carbonyl (C=O) groups excluding carboxylic acids is 3. The Bertz CT molecular complexity index is 1360. The van der Waals surface area contributed by atoms with Gasteiger partial charge in [-0.05, 0) is 83.5 Å². The van der Waals surface area contributed by atoms with Gasteiger partial charge in [0.15, 0.2) is 6.10 Å². The van der Waals surface area contributed by atoms with E-state index in [1.54, 1.807) is 0 Å². The van der Waals surface area contributed by atoms with E-state index in [1.807, 2.05) is 0 Å². The van der Waals surface area contributed by atoms with Crippen molar-refractivity contribution in [3.8, 4) is 0 Å². The summed E-state index contributed by atoms with van der Waals surface area (Å²) in [5.41, 5.74) is 0. The van der Waals surface area contributed by atoms with Crippen LogP contribution in [0.3, 0.4) is 0 Å². The van der Waals surface area contributed by atoms with Gasteiger partial charge in [-0.25, -0.2) is 0 Å². The first-order valence-corrected chi connectivity index (χ1v) is 31.4. The van der Waals surface area contributed by atoms with Crippen molar-refractivity contribution in [3.63, 3.8) is 0 Å². The van der Waals surface area contributed by atoms with Gasteiger partial charge in [-0.3, -0.25) is 14.4 Å². The summed E-state index contributed by atoms with van der Waals surface area (Å²) in [6.07, 6.45) is 79.1. The molecule has 422 valence electrons. The smallest absolute Gasteiger partial charge is 0.306 e. The number of hydrogen-bond donors (Lipinski definition) is 0. The minimum absolute atomic E-state index is 0.0834. The quantitative estimate of drug-likeness (QED) is 0.0261. The zero-order valence-electron chi connectivity index (χ0n) is 48.4. The molecule has 0 fully saturated rings. The molecule has 0 bridgehead atoms. The molecule has 0 saturated carbocycles. The molecule has 0 saturated heterocycles. The van der Waals surface area contributed by atoms with E-state index >= 15 is 0 Å². The van der Waals surface area contributed by atoms with Crippen LogP contribution in [-0.2, 0) is 28.6 Å². The van der Waals surface area contributed by atoms with E-state index < -0.39 is 6.10 Å². The lowest BCUT2D eigenvalue weighted by atomic mass is 10.0. The Morgan fingerprint density at radius 2 is 0.562 bits per heavy atom. The van der Waals surface area contributed by atoms with E-state index in [4.69, 9.17) is 14.2 Å². The maximum atomic E-state index is 12.9. The predicted molar refractivity (Wildman–Crippen MR) is 316 cm³/mol. The number of unbranched alkanes of at least 4 members (excludes halogenated alkanes) is 34. The zero-order valence-corrected chi connectivity index (χ0v) is 48.4. The van der Waals surface area contributed by atoms with Gasteiger partial charge in [0, 0.05) is 19.3 Å². The highest BCUT2D eigenvalue weighted by Crippen LogP contribution is 2.17. The summed E-state index contributed by atoms with van der Waals surface area (Å²) in [5.74, 6) is -0.898. The second-order valence-corrected chi connectivity index (χ2v) is 20.9. The van der Waals surface area contributed by atoms with Crippen LogP contribution in [0.2, 0.25) is 0 Å². The second kappa shape index (κ2) is 61.4. The Morgan fingerprint density at radius 3 is 0.890 bits per heavy atom. The number of allylic oxidation sites excluding steroid dienone is 12. The highest BCUT2D eigenvalue weighted by atomic mass is 16.6. The molecule has 6 nitrogen and oxygen atoms in total. The maximum Gasteiger partial charge on any atom is 0.306 e. The molecule has 73 heavy (non-hydrogen) atoms. The SMILES string of the molecule is CC/C=C\C/C=C\C/C=C\C/C=C\CCCCCCCCC(=O)OC(COC(=O)CCCCCCC/C=C\C/C=C\CCC)COC(=O)CCCCCCCCCCCCCCCCCCCCCCCCC. The predicted octanol–water partition coefficient (Wildman–Crippen LogP) is 21.3. The molecule has 0 heterocycles. The first kappa shape index (κ1) is 69.8. The standard InChI is InChI=1S/C67H118O6/c1-4-7-10-13-16-19-22-25-27-29-31-32-33-34-36-37-39-42-45-48-51-54-57-60-66(69)72-63-64(62-71-65(68)59-56-53-50-47-44-41-24-21-18-15-12-9-6-3)73-67(70)61-58-55-52-49-46-43-40-38-35-30-28-26-23-20-17-14-11-8-5-2/h8,11-12,15,17,20-21,24,26,28,35,38,64H,4-7,9-10,13-14,16,18-19,22-23,25,27,29-34,36-37,39-63H2,1-3H3/b11-8-,15-12-,20-17-,24-21-,28-26-,38-35-. The molecule has 0 aromatic carbocycles. The van der Waals surface area contributed by atoms with Gasteiger partial charge in [0.05, 0.1) is 0 Å². The molecule has 1 atom stereocenters. The number of ether oxygens (including phenoxy) is 3.